The predicted octanol–water partition coefficient (Wildman–Crippen LogP) is 4.94. The molecule has 0 radical (unpaired) electrons. The maximum atomic E-state index is 12.2. The molecule has 0 saturated heterocycles. The summed E-state index contributed by atoms with van der Waals surface area (Å²) in [5, 5.41) is 0. The van der Waals surface area contributed by atoms with Gasteiger partial charge in [-0.25, -0.2) is 0 Å². The molecule has 0 fully saturated rings. The van der Waals surface area contributed by atoms with Crippen LogP contribution >= 0.6 is 0 Å². The molecule has 0 heterocycles. The second-order valence-corrected chi connectivity index (χ2v) is 7.50. The number of methoxy groups -OCH3 is 1. The van der Waals surface area contributed by atoms with Crippen molar-refractivity contribution in [1.82, 2.24) is 0 Å². The fourth-order valence-electron chi connectivity index (χ4n) is 3.53. The lowest BCUT2D eigenvalue weighted by molar-refractivity contribution is -0.144. The van der Waals surface area contributed by atoms with E-state index in [-0.39, 0.29) is 35.7 Å². The summed E-state index contributed by atoms with van der Waals surface area (Å²) >= 11 is 0. The SMILES string of the molecule is CCCCCC(/C=C/C1C=CC(=O)C1CCCCCCC(=O)OC)OC(C)=O. The minimum Gasteiger partial charge on any atom is -0.469 e. The first-order chi connectivity index (χ1) is 13.5. The van der Waals surface area contributed by atoms with E-state index in [1.807, 2.05) is 18.2 Å². The molecule has 0 aromatic rings. The molecule has 5 heteroatoms. The van der Waals surface area contributed by atoms with Gasteiger partial charge >= 0.3 is 11.9 Å². The lowest BCUT2D eigenvalue weighted by Gasteiger charge is -2.17. The Bertz CT molecular complexity index is 549. The van der Waals surface area contributed by atoms with Gasteiger partial charge in [0.15, 0.2) is 5.78 Å². The van der Waals surface area contributed by atoms with Crippen LogP contribution < -0.4 is 0 Å². The van der Waals surface area contributed by atoms with Gasteiger partial charge in [-0.15, -0.1) is 0 Å². The summed E-state index contributed by atoms with van der Waals surface area (Å²) in [5.74, 6) is -0.203. The van der Waals surface area contributed by atoms with Crippen molar-refractivity contribution in [3.63, 3.8) is 0 Å². The van der Waals surface area contributed by atoms with Gasteiger partial charge < -0.3 is 9.47 Å². The van der Waals surface area contributed by atoms with Crippen LogP contribution in [0, 0.1) is 11.8 Å². The van der Waals surface area contributed by atoms with Crippen molar-refractivity contribution < 1.29 is 23.9 Å². The Kier molecular flexibility index (Phi) is 12.2. The van der Waals surface area contributed by atoms with E-state index >= 15 is 0 Å². The number of esters is 2. The third kappa shape index (κ3) is 9.86. The molecule has 5 nitrogen and oxygen atoms in total. The van der Waals surface area contributed by atoms with E-state index < -0.39 is 0 Å². The van der Waals surface area contributed by atoms with E-state index in [0.717, 1.165) is 57.8 Å². The minimum atomic E-state index is -0.271. The summed E-state index contributed by atoms with van der Waals surface area (Å²) < 4.78 is 10.0. The minimum absolute atomic E-state index is 0.0227. The third-order valence-corrected chi connectivity index (χ3v) is 5.14. The van der Waals surface area contributed by atoms with Gasteiger partial charge in [-0.1, -0.05) is 51.2 Å². The molecule has 0 aromatic carbocycles. The largest absolute Gasteiger partial charge is 0.469 e. The van der Waals surface area contributed by atoms with Crippen molar-refractivity contribution in [1.29, 1.82) is 0 Å². The standard InChI is InChI=1S/C23H36O5/c1-4-5-8-11-20(28-18(2)24)16-14-19-15-17-22(25)21(19)12-9-6-7-10-13-23(26)27-3/h14-17,19-21H,4-13H2,1-3H3/b16-14+. The van der Waals surface area contributed by atoms with Gasteiger partial charge in [0.25, 0.3) is 0 Å². The molecule has 158 valence electrons. The molecule has 0 spiro atoms. The Morgan fingerprint density at radius 2 is 1.89 bits per heavy atom. The van der Waals surface area contributed by atoms with Crippen LogP contribution in [0.25, 0.3) is 0 Å². The van der Waals surface area contributed by atoms with Gasteiger partial charge in [-0.3, -0.25) is 14.4 Å². The number of carbonyl (C=O) groups is 3. The van der Waals surface area contributed by atoms with Crippen LogP contribution in [0.5, 0.6) is 0 Å². The fraction of sp³-hybridized carbons (Fsp3) is 0.696. The van der Waals surface area contributed by atoms with Gasteiger partial charge in [0.1, 0.15) is 6.10 Å². The summed E-state index contributed by atoms with van der Waals surface area (Å²) in [7, 11) is 1.41. The number of ketones is 1. The van der Waals surface area contributed by atoms with Crippen molar-refractivity contribution >= 4 is 17.7 Å². The Balaban J connectivity index is 2.45. The molecule has 0 N–H and O–H groups in total. The van der Waals surface area contributed by atoms with Crippen LogP contribution in [-0.2, 0) is 23.9 Å². The van der Waals surface area contributed by atoms with Crippen LogP contribution in [0.2, 0.25) is 0 Å². The van der Waals surface area contributed by atoms with Crippen LogP contribution in [0.3, 0.4) is 0 Å². The summed E-state index contributed by atoms with van der Waals surface area (Å²) in [5.41, 5.74) is 0. The quantitative estimate of drug-likeness (QED) is 0.238. The highest BCUT2D eigenvalue weighted by atomic mass is 16.5. The van der Waals surface area contributed by atoms with Crippen molar-refractivity contribution in [3.05, 3.63) is 24.3 Å². The topological polar surface area (TPSA) is 69.7 Å². The first kappa shape index (κ1) is 24.1. The van der Waals surface area contributed by atoms with Crippen LogP contribution in [0.15, 0.2) is 24.3 Å². The molecule has 0 amide bonds. The van der Waals surface area contributed by atoms with Gasteiger partial charge in [0.2, 0.25) is 0 Å². The molecule has 0 saturated carbocycles. The highest BCUT2D eigenvalue weighted by Crippen LogP contribution is 2.29. The molecule has 3 unspecified atom stereocenters. The Labute approximate surface area is 169 Å². The first-order valence-corrected chi connectivity index (χ1v) is 10.6. The third-order valence-electron chi connectivity index (χ3n) is 5.14. The zero-order valence-corrected chi connectivity index (χ0v) is 17.7. The normalized spacial score (nSPS) is 19.9. The smallest absolute Gasteiger partial charge is 0.305 e. The summed E-state index contributed by atoms with van der Waals surface area (Å²) in [6.45, 7) is 3.58. The number of hydrogen-bond donors (Lipinski definition) is 0. The Morgan fingerprint density at radius 1 is 1.14 bits per heavy atom. The molecule has 3 atom stereocenters. The van der Waals surface area contributed by atoms with Gasteiger partial charge in [-0.05, 0) is 37.8 Å². The van der Waals surface area contributed by atoms with Crippen molar-refractivity contribution in [3.8, 4) is 0 Å². The molecule has 1 aliphatic carbocycles. The molecule has 0 bridgehead atoms. The van der Waals surface area contributed by atoms with Gasteiger partial charge in [0, 0.05) is 25.2 Å². The van der Waals surface area contributed by atoms with Crippen molar-refractivity contribution in [2.24, 2.45) is 11.8 Å². The number of rotatable bonds is 14. The fourth-order valence-corrected chi connectivity index (χ4v) is 3.53. The average Bonchev–Trinajstić information content (AvgIpc) is 3.01. The maximum absolute atomic E-state index is 12.2. The van der Waals surface area contributed by atoms with E-state index in [1.54, 1.807) is 6.08 Å². The second-order valence-electron chi connectivity index (χ2n) is 7.50. The number of carbonyl (C=O) groups excluding carboxylic acids is 3. The van der Waals surface area contributed by atoms with Gasteiger partial charge in [0.05, 0.1) is 7.11 Å². The van der Waals surface area contributed by atoms with Gasteiger partial charge in [-0.2, -0.15) is 0 Å². The Morgan fingerprint density at radius 3 is 2.57 bits per heavy atom. The Hall–Kier alpha value is -1.91. The molecule has 1 rings (SSSR count). The summed E-state index contributed by atoms with van der Waals surface area (Å²) in [6.07, 6.45) is 16.5. The molecule has 1 aliphatic rings. The van der Waals surface area contributed by atoms with E-state index in [2.05, 4.69) is 11.7 Å². The molecule has 0 aliphatic heterocycles. The second kappa shape index (κ2) is 14.1. The van der Waals surface area contributed by atoms with E-state index in [4.69, 9.17) is 4.74 Å². The number of ether oxygens (including phenoxy) is 2. The molecule has 28 heavy (non-hydrogen) atoms. The number of allylic oxidation sites excluding steroid dienone is 3. The van der Waals surface area contributed by atoms with Crippen molar-refractivity contribution in [2.75, 3.05) is 7.11 Å². The maximum Gasteiger partial charge on any atom is 0.305 e. The van der Waals surface area contributed by atoms with Crippen LogP contribution in [0.1, 0.15) is 78.1 Å². The van der Waals surface area contributed by atoms with Crippen LogP contribution in [-0.4, -0.2) is 30.9 Å². The zero-order chi connectivity index (χ0) is 20.8. The summed E-state index contributed by atoms with van der Waals surface area (Å²) in [4.78, 5) is 34.6. The van der Waals surface area contributed by atoms with Crippen LogP contribution in [0.4, 0.5) is 0 Å². The van der Waals surface area contributed by atoms with E-state index in [1.165, 1.54) is 14.0 Å². The zero-order valence-electron chi connectivity index (χ0n) is 17.7. The number of hydrogen-bond acceptors (Lipinski definition) is 5. The average molecular weight is 393 g/mol. The predicted molar refractivity (Wildman–Crippen MR) is 110 cm³/mol. The van der Waals surface area contributed by atoms with Crippen molar-refractivity contribution in [2.45, 2.75) is 84.2 Å². The highest BCUT2D eigenvalue weighted by molar-refractivity contribution is 5.94. The van der Waals surface area contributed by atoms with E-state index in [0.29, 0.717) is 6.42 Å². The molecular weight excluding hydrogens is 356 g/mol. The first-order valence-electron chi connectivity index (χ1n) is 10.6. The molecule has 0 aromatic heterocycles. The monoisotopic (exact) mass is 392 g/mol. The summed E-state index contributed by atoms with van der Waals surface area (Å²) in [6, 6.07) is 0. The van der Waals surface area contributed by atoms with E-state index in [9.17, 15) is 14.4 Å². The lowest BCUT2D eigenvalue weighted by atomic mass is 9.88. The molecular formula is C23H36O5. The lowest BCUT2D eigenvalue weighted by Crippen LogP contribution is -2.17. The number of unbranched alkanes of at least 4 members (excludes halogenated alkanes) is 5. The highest BCUT2D eigenvalue weighted by Gasteiger charge is 2.27.